The SMILES string of the molecule is CCNC(=NCCCN1CCCCCC1=O)NCCC(=O)Nc1cccc(Cl)c1C. The minimum Gasteiger partial charge on any atom is -0.357 e. The minimum absolute atomic E-state index is 0.0802. The van der Waals surface area contributed by atoms with Crippen molar-refractivity contribution < 1.29 is 9.59 Å². The van der Waals surface area contributed by atoms with E-state index < -0.39 is 0 Å². The van der Waals surface area contributed by atoms with Gasteiger partial charge in [0.15, 0.2) is 5.96 Å². The highest BCUT2D eigenvalue weighted by atomic mass is 35.5. The van der Waals surface area contributed by atoms with Gasteiger partial charge in [0.2, 0.25) is 11.8 Å². The molecule has 3 N–H and O–H groups in total. The molecule has 7 nitrogen and oxygen atoms in total. The minimum atomic E-state index is -0.0802. The van der Waals surface area contributed by atoms with Crippen LogP contribution in [0.1, 0.15) is 51.0 Å². The molecule has 0 aliphatic carbocycles. The second kappa shape index (κ2) is 13.1. The van der Waals surface area contributed by atoms with Gasteiger partial charge < -0.3 is 20.9 Å². The van der Waals surface area contributed by atoms with Crippen molar-refractivity contribution >= 4 is 35.1 Å². The van der Waals surface area contributed by atoms with E-state index in [1.54, 1.807) is 6.07 Å². The Morgan fingerprint density at radius 1 is 1.23 bits per heavy atom. The van der Waals surface area contributed by atoms with Crippen LogP contribution in [0.15, 0.2) is 23.2 Å². The summed E-state index contributed by atoms with van der Waals surface area (Å²) in [6, 6.07) is 5.46. The van der Waals surface area contributed by atoms with Gasteiger partial charge in [-0.15, -0.1) is 0 Å². The number of nitrogens with zero attached hydrogens (tertiary/aromatic N) is 2. The van der Waals surface area contributed by atoms with E-state index in [9.17, 15) is 9.59 Å². The average molecular weight is 436 g/mol. The Balaban J connectivity index is 1.72. The first-order valence-electron chi connectivity index (χ1n) is 10.9. The normalized spacial score (nSPS) is 15.0. The Kier molecular flexibility index (Phi) is 10.5. The number of anilines is 1. The molecule has 1 aromatic rings. The van der Waals surface area contributed by atoms with Crippen molar-refractivity contribution in [3.05, 3.63) is 28.8 Å². The molecular formula is C22H34ClN5O2. The van der Waals surface area contributed by atoms with Crippen LogP contribution in [0.3, 0.4) is 0 Å². The molecule has 0 bridgehead atoms. The first-order chi connectivity index (χ1) is 14.5. The number of carbonyl (C=O) groups excluding carboxylic acids is 2. The van der Waals surface area contributed by atoms with Crippen LogP contribution in [0.4, 0.5) is 5.69 Å². The zero-order valence-corrected chi connectivity index (χ0v) is 18.9. The lowest BCUT2D eigenvalue weighted by molar-refractivity contribution is -0.130. The van der Waals surface area contributed by atoms with E-state index in [-0.39, 0.29) is 11.8 Å². The molecular weight excluding hydrogens is 402 g/mol. The van der Waals surface area contributed by atoms with E-state index in [0.717, 1.165) is 56.6 Å². The molecule has 8 heteroatoms. The third-order valence-corrected chi connectivity index (χ3v) is 5.47. The van der Waals surface area contributed by atoms with Crippen molar-refractivity contribution in [2.75, 3.05) is 38.0 Å². The molecule has 0 saturated carbocycles. The first-order valence-corrected chi connectivity index (χ1v) is 11.2. The van der Waals surface area contributed by atoms with Gasteiger partial charge in [-0.2, -0.15) is 0 Å². The summed E-state index contributed by atoms with van der Waals surface area (Å²) < 4.78 is 0. The molecule has 1 aromatic carbocycles. The summed E-state index contributed by atoms with van der Waals surface area (Å²) >= 11 is 6.09. The summed E-state index contributed by atoms with van der Waals surface area (Å²) in [6.45, 7) is 7.34. The largest absolute Gasteiger partial charge is 0.357 e. The van der Waals surface area contributed by atoms with Crippen molar-refractivity contribution in [3.8, 4) is 0 Å². The number of halogens is 1. The third kappa shape index (κ3) is 8.22. The van der Waals surface area contributed by atoms with Gasteiger partial charge in [-0.1, -0.05) is 24.1 Å². The van der Waals surface area contributed by atoms with Gasteiger partial charge in [0.1, 0.15) is 0 Å². The number of hydrogen-bond donors (Lipinski definition) is 3. The van der Waals surface area contributed by atoms with Gasteiger partial charge in [0.25, 0.3) is 0 Å². The van der Waals surface area contributed by atoms with Gasteiger partial charge in [-0.25, -0.2) is 0 Å². The lowest BCUT2D eigenvalue weighted by atomic mass is 10.2. The molecule has 1 saturated heterocycles. The van der Waals surface area contributed by atoms with Crippen LogP contribution < -0.4 is 16.0 Å². The van der Waals surface area contributed by atoms with Crippen molar-refractivity contribution in [2.45, 2.75) is 52.4 Å². The van der Waals surface area contributed by atoms with Gasteiger partial charge in [-0.3, -0.25) is 14.6 Å². The summed E-state index contributed by atoms with van der Waals surface area (Å²) in [5.41, 5.74) is 1.59. The summed E-state index contributed by atoms with van der Waals surface area (Å²) in [5, 5.41) is 9.91. The quantitative estimate of drug-likeness (QED) is 0.315. The van der Waals surface area contributed by atoms with E-state index >= 15 is 0 Å². The van der Waals surface area contributed by atoms with Crippen molar-refractivity contribution in [1.29, 1.82) is 0 Å². The Morgan fingerprint density at radius 3 is 2.87 bits per heavy atom. The number of likely N-dealkylation sites (tertiary alicyclic amines) is 1. The fourth-order valence-electron chi connectivity index (χ4n) is 3.32. The number of benzene rings is 1. The molecule has 2 amide bonds. The zero-order valence-electron chi connectivity index (χ0n) is 18.1. The smallest absolute Gasteiger partial charge is 0.226 e. The monoisotopic (exact) mass is 435 g/mol. The molecule has 1 fully saturated rings. The summed E-state index contributed by atoms with van der Waals surface area (Å²) in [4.78, 5) is 30.8. The lowest BCUT2D eigenvalue weighted by Gasteiger charge is -2.20. The Bertz CT molecular complexity index is 738. The Hall–Kier alpha value is -2.28. The molecule has 0 radical (unpaired) electrons. The maximum atomic E-state index is 12.2. The Labute approximate surface area is 184 Å². The van der Waals surface area contributed by atoms with Gasteiger partial charge in [0.05, 0.1) is 0 Å². The fraction of sp³-hybridized carbons (Fsp3) is 0.591. The average Bonchev–Trinajstić information content (AvgIpc) is 2.93. The zero-order chi connectivity index (χ0) is 21.8. The number of aliphatic imine (C=N–C) groups is 1. The highest BCUT2D eigenvalue weighted by Crippen LogP contribution is 2.22. The van der Waals surface area contributed by atoms with E-state index in [2.05, 4.69) is 20.9 Å². The van der Waals surface area contributed by atoms with Gasteiger partial charge in [-0.05, 0) is 50.8 Å². The number of amides is 2. The molecule has 0 unspecified atom stereocenters. The molecule has 30 heavy (non-hydrogen) atoms. The van der Waals surface area contributed by atoms with Gasteiger partial charge in [0, 0.05) is 56.3 Å². The molecule has 1 aliphatic heterocycles. The van der Waals surface area contributed by atoms with Crippen LogP contribution >= 0.6 is 11.6 Å². The summed E-state index contributed by atoms with van der Waals surface area (Å²) in [6.07, 6.45) is 5.06. The highest BCUT2D eigenvalue weighted by molar-refractivity contribution is 6.31. The van der Waals surface area contributed by atoms with Crippen molar-refractivity contribution in [1.82, 2.24) is 15.5 Å². The van der Waals surface area contributed by atoms with Crippen LogP contribution in [0.2, 0.25) is 5.02 Å². The topological polar surface area (TPSA) is 85.8 Å². The second-order valence-corrected chi connectivity index (χ2v) is 7.85. The van der Waals surface area contributed by atoms with Crippen LogP contribution in [0.5, 0.6) is 0 Å². The Morgan fingerprint density at radius 2 is 2.07 bits per heavy atom. The van der Waals surface area contributed by atoms with Gasteiger partial charge >= 0.3 is 0 Å². The molecule has 2 rings (SSSR count). The van der Waals surface area contributed by atoms with Crippen LogP contribution in [-0.4, -0.2) is 55.4 Å². The maximum Gasteiger partial charge on any atom is 0.226 e. The number of hydrogen-bond acceptors (Lipinski definition) is 3. The molecule has 0 aromatic heterocycles. The lowest BCUT2D eigenvalue weighted by Crippen LogP contribution is -2.39. The van der Waals surface area contributed by atoms with E-state index in [0.29, 0.717) is 36.9 Å². The highest BCUT2D eigenvalue weighted by Gasteiger charge is 2.15. The van der Waals surface area contributed by atoms with Crippen molar-refractivity contribution in [2.24, 2.45) is 4.99 Å². The number of guanidine groups is 1. The van der Waals surface area contributed by atoms with Crippen LogP contribution in [0, 0.1) is 6.92 Å². The van der Waals surface area contributed by atoms with Crippen LogP contribution in [-0.2, 0) is 9.59 Å². The number of rotatable bonds is 9. The molecule has 0 atom stereocenters. The number of nitrogens with one attached hydrogen (secondary N) is 3. The summed E-state index contributed by atoms with van der Waals surface area (Å²) in [5.74, 6) is 0.872. The number of carbonyl (C=O) groups is 2. The van der Waals surface area contributed by atoms with E-state index in [4.69, 9.17) is 11.6 Å². The van der Waals surface area contributed by atoms with Crippen molar-refractivity contribution in [3.63, 3.8) is 0 Å². The molecule has 0 spiro atoms. The maximum absolute atomic E-state index is 12.2. The fourth-order valence-corrected chi connectivity index (χ4v) is 3.49. The molecule has 1 heterocycles. The first kappa shape index (κ1) is 24.0. The summed E-state index contributed by atoms with van der Waals surface area (Å²) in [7, 11) is 0. The third-order valence-electron chi connectivity index (χ3n) is 5.06. The molecule has 1 aliphatic rings. The standard InChI is InChI=1S/C22H34ClN5O2/c1-3-24-22(25-13-8-16-28-15-6-4-5-11-21(28)30)26-14-12-20(29)27-19-10-7-9-18(23)17(19)2/h7,9-10H,3-6,8,11-16H2,1-2H3,(H,27,29)(H2,24,25,26). The van der Waals surface area contributed by atoms with E-state index in [1.807, 2.05) is 30.9 Å². The predicted molar refractivity (Wildman–Crippen MR) is 123 cm³/mol. The second-order valence-electron chi connectivity index (χ2n) is 7.44. The molecule has 166 valence electrons. The van der Waals surface area contributed by atoms with Crippen LogP contribution in [0.25, 0.3) is 0 Å². The predicted octanol–water partition coefficient (Wildman–Crippen LogP) is 3.32. The van der Waals surface area contributed by atoms with E-state index in [1.165, 1.54) is 0 Å².